The number of Topliss-reactive ketones (excluding diaryl/α,β-unsaturated/α-hetero) is 1. The summed E-state index contributed by atoms with van der Waals surface area (Å²) in [7, 11) is -5.24. The van der Waals surface area contributed by atoms with Gasteiger partial charge in [0.15, 0.2) is 16.6 Å². The molecule has 1 saturated heterocycles. The molecule has 242 valence electrons. The number of hydroxylamine groups is 2. The van der Waals surface area contributed by atoms with E-state index < -0.39 is 64.4 Å². The molecular weight excluding hydrogens is 636 g/mol. The van der Waals surface area contributed by atoms with E-state index in [0.717, 1.165) is 24.3 Å². The standard InChI is InChI=1S/C25H30N8O10S2/c1-25(2)16(22(35)33(25)43-45(38,39)40)10-18(34)21(17-13-44-24(27)29-17)30-42-19(23(36)37)12-41-15-4-5-20(28-11-15)32-9-8-31(14-32)7-3-6-26/h4-5,8-9,11,13-14,16,19H,3,6-7,10,12,26H2,1-2H3,(H3-,27,29,36,37,38,39,40)/b30-21-/t16-,19?/m1/s1. The summed E-state index contributed by atoms with van der Waals surface area (Å²) >= 11 is 0.973. The first kappa shape index (κ1) is 33.4. The lowest BCUT2D eigenvalue weighted by atomic mass is 9.74. The fourth-order valence-electron chi connectivity index (χ4n) is 4.26. The molecule has 0 aliphatic carbocycles. The average molecular weight is 667 g/mol. The maximum Gasteiger partial charge on any atom is 0.351 e. The second-order valence-electron chi connectivity index (χ2n) is 10.3. The molecule has 0 radical (unpaired) electrons. The fraction of sp³-hybridized carbons (Fsp3) is 0.400. The minimum absolute atomic E-state index is 0.0403. The van der Waals surface area contributed by atoms with Crippen LogP contribution in [0.3, 0.4) is 0 Å². The summed E-state index contributed by atoms with van der Waals surface area (Å²) in [6.07, 6.45) is 5.57. The topological polar surface area (TPSA) is 259 Å². The van der Waals surface area contributed by atoms with Gasteiger partial charge in [0.05, 0.1) is 24.2 Å². The fourth-order valence-corrected chi connectivity index (χ4v) is 5.26. The van der Waals surface area contributed by atoms with Crippen LogP contribution in [-0.2, 0) is 40.4 Å². The Hall–Kier alpha value is -4.50. The van der Waals surface area contributed by atoms with Crippen molar-refractivity contribution in [3.63, 3.8) is 0 Å². The highest BCUT2D eigenvalue weighted by Gasteiger charge is 2.57. The van der Waals surface area contributed by atoms with E-state index >= 15 is 0 Å². The van der Waals surface area contributed by atoms with Crippen molar-refractivity contribution >= 4 is 50.2 Å². The number of nitrogens with zero attached hydrogens (tertiary/aromatic N) is 6. The van der Waals surface area contributed by atoms with Crippen molar-refractivity contribution in [3.05, 3.63) is 48.1 Å². The number of aliphatic carboxylic acids is 1. The van der Waals surface area contributed by atoms with Gasteiger partial charge < -0.3 is 30.7 Å². The van der Waals surface area contributed by atoms with Gasteiger partial charge in [0.1, 0.15) is 30.4 Å². The molecule has 20 heteroatoms. The number of aromatic nitrogens is 4. The van der Waals surface area contributed by atoms with Gasteiger partial charge in [-0.25, -0.2) is 27.7 Å². The number of aryl methyl sites for hydroxylation is 1. The summed E-state index contributed by atoms with van der Waals surface area (Å²) in [5, 5.41) is 15.3. The van der Waals surface area contributed by atoms with E-state index in [9.17, 15) is 32.5 Å². The van der Waals surface area contributed by atoms with Gasteiger partial charge >= 0.3 is 5.97 Å². The van der Waals surface area contributed by atoms with Crippen molar-refractivity contribution in [2.24, 2.45) is 16.8 Å². The predicted molar refractivity (Wildman–Crippen MR) is 153 cm³/mol. The third-order valence-corrected chi connectivity index (χ3v) is 7.71. The van der Waals surface area contributed by atoms with Crippen LogP contribution in [0.5, 0.6) is 5.75 Å². The van der Waals surface area contributed by atoms with Crippen LogP contribution in [0.1, 0.15) is 32.4 Å². The third kappa shape index (κ3) is 8.16. The van der Waals surface area contributed by atoms with Gasteiger partial charge in [-0.2, -0.15) is 13.9 Å². The summed E-state index contributed by atoms with van der Waals surface area (Å²) in [6.45, 7) is 3.59. The number of oxime groups is 1. The van der Waals surface area contributed by atoms with Crippen LogP contribution in [0.2, 0.25) is 0 Å². The molecule has 0 aromatic carbocycles. The highest BCUT2D eigenvalue weighted by molar-refractivity contribution is 7.80. The summed E-state index contributed by atoms with van der Waals surface area (Å²) in [6, 6.07) is 3.26. The molecule has 1 aliphatic rings. The first-order chi connectivity index (χ1) is 21.2. The molecule has 4 rings (SSSR count). The van der Waals surface area contributed by atoms with E-state index in [2.05, 4.69) is 19.4 Å². The number of β-lactam (4-membered cyclic amide) rings is 1. The zero-order chi connectivity index (χ0) is 32.9. The number of nitrogen functional groups attached to an aromatic ring is 1. The van der Waals surface area contributed by atoms with Gasteiger partial charge in [0.25, 0.3) is 12.0 Å². The van der Waals surface area contributed by atoms with Crippen LogP contribution in [0, 0.1) is 5.92 Å². The molecule has 0 bridgehead atoms. The van der Waals surface area contributed by atoms with Crippen LogP contribution in [0.4, 0.5) is 5.13 Å². The zero-order valence-electron chi connectivity index (χ0n) is 24.0. The van der Waals surface area contributed by atoms with Gasteiger partial charge in [-0.05, 0) is 32.9 Å². The number of carboxylic acid groups (broad SMARTS) is 1. The molecule has 0 saturated carbocycles. The predicted octanol–water partition coefficient (Wildman–Crippen LogP) is -0.612. The maximum atomic E-state index is 13.3. The highest BCUT2D eigenvalue weighted by Crippen LogP contribution is 2.40. The Morgan fingerprint density at radius 2 is 2.09 bits per heavy atom. The number of pyridine rings is 1. The number of thiazole rings is 1. The third-order valence-electron chi connectivity index (χ3n) is 6.70. The number of rotatable bonds is 16. The van der Waals surface area contributed by atoms with Gasteiger partial charge in [0, 0.05) is 17.9 Å². The normalized spacial score (nSPS) is 17.1. The minimum Gasteiger partial charge on any atom is -0.724 e. The molecule has 4 heterocycles. The molecule has 0 spiro atoms. The minimum atomic E-state index is -5.24. The van der Waals surface area contributed by atoms with Crippen molar-refractivity contribution < 1.29 is 50.9 Å². The van der Waals surface area contributed by atoms with Crippen molar-refractivity contribution in [3.8, 4) is 11.6 Å². The Morgan fingerprint density at radius 3 is 2.67 bits per heavy atom. The van der Waals surface area contributed by atoms with E-state index in [1.807, 2.05) is 23.3 Å². The van der Waals surface area contributed by atoms with Gasteiger partial charge in [-0.1, -0.05) is 5.16 Å². The van der Waals surface area contributed by atoms with E-state index in [1.54, 1.807) is 16.7 Å². The molecule has 2 atom stereocenters. The SMILES string of the molecule is CC1(C)[C@H](CC(=O)/C(=N\OC(COc2ccc(-n3cc[n+](CCCN)c3)nc2)C(=O)O)c2csc(N)n2)C(=O)N1OS(=O)(=O)[O-]. The first-order valence-corrected chi connectivity index (χ1v) is 15.5. The number of carbonyl (C=O) groups is 3. The van der Waals surface area contributed by atoms with E-state index in [0.29, 0.717) is 17.4 Å². The maximum absolute atomic E-state index is 13.3. The van der Waals surface area contributed by atoms with Gasteiger partial charge in [-0.3, -0.25) is 9.59 Å². The zero-order valence-corrected chi connectivity index (χ0v) is 25.6. The Bertz CT molecular complexity index is 1690. The average Bonchev–Trinajstić information content (AvgIpc) is 3.64. The number of ether oxygens (including phenoxy) is 1. The Balaban J connectivity index is 1.44. The van der Waals surface area contributed by atoms with Gasteiger partial charge in [0.2, 0.25) is 22.5 Å². The molecule has 3 aromatic heterocycles. The van der Waals surface area contributed by atoms with Crippen LogP contribution in [0.25, 0.3) is 5.82 Å². The Kier molecular flexibility index (Phi) is 10.1. The van der Waals surface area contributed by atoms with E-state index in [-0.39, 0.29) is 16.6 Å². The van der Waals surface area contributed by atoms with E-state index in [1.165, 1.54) is 25.4 Å². The summed E-state index contributed by atoms with van der Waals surface area (Å²) in [5.41, 5.74) is 9.41. The lowest BCUT2D eigenvalue weighted by molar-refractivity contribution is -0.696. The number of hydrogen-bond donors (Lipinski definition) is 3. The largest absolute Gasteiger partial charge is 0.724 e. The lowest BCUT2D eigenvalue weighted by Crippen LogP contribution is -2.68. The number of carboxylic acids is 1. The van der Waals surface area contributed by atoms with Crippen molar-refractivity contribution in [2.45, 2.75) is 44.9 Å². The molecule has 3 aromatic rings. The molecule has 1 amide bonds. The molecule has 45 heavy (non-hydrogen) atoms. The van der Waals surface area contributed by atoms with Crippen LogP contribution in [-0.4, -0.2) is 85.8 Å². The van der Waals surface area contributed by atoms with Crippen molar-refractivity contribution in [1.82, 2.24) is 19.6 Å². The molecule has 5 N–H and O–H groups in total. The molecule has 1 unspecified atom stereocenters. The molecule has 1 aliphatic heterocycles. The quantitative estimate of drug-likeness (QED) is 0.0430. The molecule has 18 nitrogen and oxygen atoms in total. The monoisotopic (exact) mass is 666 g/mol. The summed E-state index contributed by atoms with van der Waals surface area (Å²) in [5.74, 6) is -3.45. The second kappa shape index (κ2) is 13.6. The van der Waals surface area contributed by atoms with Crippen LogP contribution in [0.15, 0.2) is 47.6 Å². The van der Waals surface area contributed by atoms with Crippen LogP contribution >= 0.6 is 11.3 Å². The van der Waals surface area contributed by atoms with E-state index in [4.69, 9.17) is 21.0 Å². The van der Waals surface area contributed by atoms with Crippen molar-refractivity contribution in [1.29, 1.82) is 0 Å². The second-order valence-corrected chi connectivity index (χ2v) is 12.1. The number of amides is 1. The first-order valence-electron chi connectivity index (χ1n) is 13.3. The van der Waals surface area contributed by atoms with Gasteiger partial charge in [-0.15, -0.1) is 11.3 Å². The Labute approximate surface area is 260 Å². The lowest BCUT2D eigenvalue weighted by Gasteiger charge is -2.51. The number of hydrogen-bond acceptors (Lipinski definition) is 15. The number of imidazole rings is 1. The highest BCUT2D eigenvalue weighted by atomic mass is 32.3. The summed E-state index contributed by atoms with van der Waals surface area (Å²) in [4.78, 5) is 51.2. The summed E-state index contributed by atoms with van der Waals surface area (Å²) < 4.78 is 46.4. The number of carbonyl (C=O) groups excluding carboxylic acids is 2. The van der Waals surface area contributed by atoms with Crippen molar-refractivity contribution in [2.75, 3.05) is 18.9 Å². The smallest absolute Gasteiger partial charge is 0.351 e. The Morgan fingerprint density at radius 1 is 1.33 bits per heavy atom. The number of ketones is 1. The molecular formula is C25H30N8O10S2. The number of anilines is 1. The number of nitrogens with two attached hydrogens (primary N) is 2. The molecule has 1 fully saturated rings. The van der Waals surface area contributed by atoms with Crippen LogP contribution < -0.4 is 20.8 Å².